The fourth-order valence-electron chi connectivity index (χ4n) is 2.83. The highest BCUT2D eigenvalue weighted by Crippen LogP contribution is 2.26. The van der Waals surface area contributed by atoms with Gasteiger partial charge in [0, 0.05) is 13.1 Å². The molecule has 0 atom stereocenters. The van der Waals surface area contributed by atoms with Gasteiger partial charge in [-0.1, -0.05) is 0 Å². The predicted octanol–water partition coefficient (Wildman–Crippen LogP) is 1.08. The van der Waals surface area contributed by atoms with Crippen molar-refractivity contribution in [3.8, 4) is 0 Å². The van der Waals surface area contributed by atoms with E-state index in [1.165, 1.54) is 22.5 Å². The maximum absolute atomic E-state index is 12.7. The third-order valence-corrected chi connectivity index (χ3v) is 6.00. The van der Waals surface area contributed by atoms with Crippen LogP contribution in [0.3, 0.4) is 0 Å². The van der Waals surface area contributed by atoms with Crippen LogP contribution in [-0.2, 0) is 19.6 Å². The van der Waals surface area contributed by atoms with Crippen LogP contribution >= 0.6 is 0 Å². The number of carbonyl (C=O) groups is 1. The summed E-state index contributed by atoms with van der Waals surface area (Å²) in [5.74, 6) is -1.16. The number of H-pyrrole nitrogens is 1. The van der Waals surface area contributed by atoms with Crippen LogP contribution in [0.1, 0.15) is 19.8 Å². The molecule has 1 aliphatic heterocycles. The zero-order valence-electron chi connectivity index (χ0n) is 13.1. The first-order chi connectivity index (χ1) is 11.4. The molecule has 1 N–H and O–H groups in total. The van der Waals surface area contributed by atoms with Gasteiger partial charge in [-0.05, 0) is 38.0 Å². The smallest absolute Gasteiger partial charge is 0.417 e. The number of carbonyl (C=O) groups excluding carboxylic acids is 1. The first-order valence-corrected chi connectivity index (χ1v) is 9.15. The number of aromatic amines is 1. The van der Waals surface area contributed by atoms with E-state index in [0.29, 0.717) is 30.5 Å². The molecule has 8 nitrogen and oxygen atoms in total. The highest BCUT2D eigenvalue weighted by molar-refractivity contribution is 7.89. The van der Waals surface area contributed by atoms with Gasteiger partial charge in [0.2, 0.25) is 10.0 Å². The van der Waals surface area contributed by atoms with E-state index in [4.69, 9.17) is 9.15 Å². The first-order valence-electron chi connectivity index (χ1n) is 7.71. The number of esters is 1. The number of nitrogens with zero attached hydrogens (tertiary/aromatic N) is 1. The van der Waals surface area contributed by atoms with E-state index in [-0.39, 0.29) is 29.9 Å². The first kappa shape index (κ1) is 16.7. The molecule has 2 aromatic rings. The number of ether oxygens (including phenoxy) is 1. The van der Waals surface area contributed by atoms with Gasteiger partial charge in [0.1, 0.15) is 0 Å². The quantitative estimate of drug-likeness (QED) is 0.823. The second-order valence-corrected chi connectivity index (χ2v) is 7.54. The van der Waals surface area contributed by atoms with Gasteiger partial charge in [0.25, 0.3) is 0 Å². The zero-order chi connectivity index (χ0) is 17.3. The third kappa shape index (κ3) is 3.09. The van der Waals surface area contributed by atoms with Crippen LogP contribution in [-0.4, -0.2) is 43.4 Å². The lowest BCUT2D eigenvalue weighted by Gasteiger charge is -2.30. The zero-order valence-corrected chi connectivity index (χ0v) is 14.0. The molecule has 0 saturated carbocycles. The molecule has 3 rings (SSSR count). The molecule has 1 saturated heterocycles. The molecule has 0 bridgehead atoms. The number of nitrogens with one attached hydrogen (secondary N) is 1. The summed E-state index contributed by atoms with van der Waals surface area (Å²) in [4.78, 5) is 25.4. The van der Waals surface area contributed by atoms with Crippen LogP contribution in [0.5, 0.6) is 0 Å². The van der Waals surface area contributed by atoms with E-state index < -0.39 is 15.8 Å². The summed E-state index contributed by atoms with van der Waals surface area (Å²) in [6, 6.07) is 4.24. The monoisotopic (exact) mass is 354 g/mol. The molecule has 0 unspecified atom stereocenters. The number of piperidine rings is 1. The Labute approximate surface area is 138 Å². The Bertz CT molecular complexity index is 905. The predicted molar refractivity (Wildman–Crippen MR) is 85.0 cm³/mol. The molecular formula is C15H18N2O6S. The van der Waals surface area contributed by atoms with Crippen LogP contribution in [0, 0.1) is 5.92 Å². The molecule has 0 aliphatic carbocycles. The van der Waals surface area contributed by atoms with E-state index in [9.17, 15) is 18.0 Å². The van der Waals surface area contributed by atoms with Crippen LogP contribution in [0.2, 0.25) is 0 Å². The summed E-state index contributed by atoms with van der Waals surface area (Å²) in [5.41, 5.74) is 0.641. The Kier molecular flexibility index (Phi) is 4.46. The van der Waals surface area contributed by atoms with Gasteiger partial charge in [0.05, 0.1) is 22.9 Å². The minimum atomic E-state index is -3.69. The minimum Gasteiger partial charge on any atom is -0.466 e. The summed E-state index contributed by atoms with van der Waals surface area (Å²) in [6.07, 6.45) is 0.867. The van der Waals surface area contributed by atoms with Crippen molar-refractivity contribution >= 4 is 27.1 Å². The van der Waals surface area contributed by atoms with Crippen molar-refractivity contribution in [2.45, 2.75) is 24.7 Å². The second kappa shape index (κ2) is 6.40. The molecule has 1 aromatic heterocycles. The fourth-order valence-corrected chi connectivity index (χ4v) is 4.33. The summed E-state index contributed by atoms with van der Waals surface area (Å²) < 4.78 is 36.7. The molecule has 0 amide bonds. The maximum Gasteiger partial charge on any atom is 0.417 e. The number of sulfonamides is 1. The van der Waals surface area contributed by atoms with Crippen molar-refractivity contribution in [3.63, 3.8) is 0 Å². The average molecular weight is 354 g/mol. The van der Waals surface area contributed by atoms with Crippen LogP contribution in [0.15, 0.2) is 32.3 Å². The standard InChI is InChI=1S/C15H18N2O6S/c1-2-22-14(18)10-5-7-17(8-6-10)24(20,21)11-3-4-13-12(9-11)16-15(19)23-13/h3-4,9-10H,2,5-8H2,1H3,(H,16,19). The molecule has 9 heteroatoms. The molecule has 1 fully saturated rings. The molecule has 2 heterocycles. The van der Waals surface area contributed by atoms with Crippen LogP contribution in [0.4, 0.5) is 0 Å². The Morgan fingerprint density at radius 3 is 2.75 bits per heavy atom. The summed E-state index contributed by atoms with van der Waals surface area (Å²) >= 11 is 0. The van der Waals surface area contributed by atoms with E-state index in [0.717, 1.165) is 0 Å². The Hall–Kier alpha value is -2.13. The van der Waals surface area contributed by atoms with Gasteiger partial charge in [0.15, 0.2) is 5.58 Å². The highest BCUT2D eigenvalue weighted by atomic mass is 32.2. The third-order valence-electron chi connectivity index (χ3n) is 4.10. The van der Waals surface area contributed by atoms with E-state index >= 15 is 0 Å². The highest BCUT2D eigenvalue weighted by Gasteiger charge is 2.32. The van der Waals surface area contributed by atoms with Crippen LogP contribution < -0.4 is 5.76 Å². The van der Waals surface area contributed by atoms with Crippen molar-refractivity contribution in [3.05, 3.63) is 28.7 Å². The molecule has 1 aromatic carbocycles. The Morgan fingerprint density at radius 2 is 2.08 bits per heavy atom. The SMILES string of the molecule is CCOC(=O)C1CCN(S(=O)(=O)c2ccc3oc(=O)[nH]c3c2)CC1. The summed E-state index contributed by atoms with van der Waals surface area (Å²) in [7, 11) is -3.69. The van der Waals surface area contributed by atoms with Crippen molar-refractivity contribution in [1.29, 1.82) is 0 Å². The van der Waals surface area contributed by atoms with Crippen molar-refractivity contribution in [2.75, 3.05) is 19.7 Å². The number of hydrogen-bond acceptors (Lipinski definition) is 6. The summed E-state index contributed by atoms with van der Waals surface area (Å²) in [6.45, 7) is 2.58. The molecular weight excluding hydrogens is 336 g/mol. The topological polar surface area (TPSA) is 110 Å². The van der Waals surface area contributed by atoms with Crippen LogP contribution in [0.25, 0.3) is 11.1 Å². The van der Waals surface area contributed by atoms with Gasteiger partial charge in [-0.3, -0.25) is 9.78 Å². The van der Waals surface area contributed by atoms with Crippen molar-refractivity contribution in [2.24, 2.45) is 5.92 Å². The van der Waals surface area contributed by atoms with Crippen molar-refractivity contribution in [1.82, 2.24) is 9.29 Å². The molecule has 0 radical (unpaired) electrons. The Morgan fingerprint density at radius 1 is 1.38 bits per heavy atom. The van der Waals surface area contributed by atoms with Gasteiger partial charge in [-0.15, -0.1) is 0 Å². The molecule has 24 heavy (non-hydrogen) atoms. The van der Waals surface area contributed by atoms with E-state index in [1.807, 2.05) is 0 Å². The van der Waals surface area contributed by atoms with Gasteiger partial charge < -0.3 is 9.15 Å². The summed E-state index contributed by atoms with van der Waals surface area (Å²) in [5, 5.41) is 0. The average Bonchev–Trinajstić information content (AvgIpc) is 2.94. The van der Waals surface area contributed by atoms with Crippen molar-refractivity contribution < 1.29 is 22.4 Å². The minimum absolute atomic E-state index is 0.0848. The lowest BCUT2D eigenvalue weighted by Crippen LogP contribution is -2.40. The number of oxazole rings is 1. The lowest BCUT2D eigenvalue weighted by atomic mass is 9.98. The lowest BCUT2D eigenvalue weighted by molar-refractivity contribution is -0.149. The number of aromatic nitrogens is 1. The molecule has 0 spiro atoms. The number of hydrogen-bond donors (Lipinski definition) is 1. The molecule has 130 valence electrons. The maximum atomic E-state index is 12.7. The molecule has 1 aliphatic rings. The van der Waals surface area contributed by atoms with Gasteiger partial charge in [-0.2, -0.15) is 4.31 Å². The fraction of sp³-hybridized carbons (Fsp3) is 0.467. The van der Waals surface area contributed by atoms with E-state index in [1.54, 1.807) is 6.92 Å². The number of benzene rings is 1. The normalized spacial score (nSPS) is 17.2. The Balaban J connectivity index is 1.78. The largest absolute Gasteiger partial charge is 0.466 e. The second-order valence-electron chi connectivity index (χ2n) is 5.60. The van der Waals surface area contributed by atoms with Gasteiger partial charge >= 0.3 is 11.7 Å². The number of fused-ring (bicyclic) bond motifs is 1. The van der Waals surface area contributed by atoms with E-state index in [2.05, 4.69) is 4.98 Å². The van der Waals surface area contributed by atoms with Gasteiger partial charge in [-0.25, -0.2) is 13.2 Å². The number of rotatable bonds is 4.